The molecule has 0 aromatic rings. The van der Waals surface area contributed by atoms with Gasteiger partial charge < -0.3 is 24.9 Å². The number of hydrogen-bond acceptors (Lipinski definition) is 6. The lowest BCUT2D eigenvalue weighted by Gasteiger charge is -2.29. The Kier molecular flexibility index (Phi) is 4.41. The van der Waals surface area contributed by atoms with Gasteiger partial charge in [-0.25, -0.2) is 0 Å². The summed E-state index contributed by atoms with van der Waals surface area (Å²) in [5.41, 5.74) is -2.68. The van der Waals surface area contributed by atoms with Crippen LogP contribution < -0.4 is 10.2 Å². The van der Waals surface area contributed by atoms with Crippen molar-refractivity contribution in [1.82, 2.24) is 0 Å². The highest BCUT2D eigenvalue weighted by molar-refractivity contribution is 5.90. The maximum Gasteiger partial charge on any atom is 0.138 e. The summed E-state index contributed by atoms with van der Waals surface area (Å²) in [5.74, 6) is -4.78. The number of carboxylic acids is 2. The van der Waals surface area contributed by atoms with E-state index in [-0.39, 0.29) is 0 Å². The molecule has 0 aromatic heterocycles. The number of ketones is 1. The standard InChI is InChI=1S/C9H14O6/c1-5(2)6(10)3-9(15,8(13)14)4-7(11)12/h5,15H,3-4H2,1-2H3,(H,11,12)(H,13,14)/p-2. The molecule has 0 radical (unpaired) electrons. The smallest absolute Gasteiger partial charge is 0.138 e. The second-order valence-corrected chi connectivity index (χ2v) is 3.67. The number of carbonyl (C=O) groups excluding carboxylic acids is 3. The fraction of sp³-hybridized carbons (Fsp3) is 0.667. The van der Waals surface area contributed by atoms with Gasteiger partial charge in [0.25, 0.3) is 0 Å². The second kappa shape index (κ2) is 4.88. The summed E-state index contributed by atoms with van der Waals surface area (Å²) < 4.78 is 0. The topological polar surface area (TPSA) is 118 Å². The zero-order valence-electron chi connectivity index (χ0n) is 8.48. The SMILES string of the molecule is CC(C)C(=O)CC(O)(CC(=O)[O-])C(=O)[O-]. The molecule has 0 spiro atoms. The minimum atomic E-state index is -2.68. The van der Waals surface area contributed by atoms with Gasteiger partial charge >= 0.3 is 0 Å². The van der Waals surface area contributed by atoms with E-state index in [4.69, 9.17) is 0 Å². The van der Waals surface area contributed by atoms with Gasteiger partial charge in [-0.1, -0.05) is 13.8 Å². The first kappa shape index (κ1) is 13.6. The zero-order valence-corrected chi connectivity index (χ0v) is 8.48. The quantitative estimate of drug-likeness (QED) is 0.513. The normalized spacial score (nSPS) is 14.7. The summed E-state index contributed by atoms with van der Waals surface area (Å²) in [7, 11) is 0. The number of Topliss-reactive ketones (excluding diaryl/α,β-unsaturated/α-hetero) is 1. The lowest BCUT2D eigenvalue weighted by atomic mass is 9.90. The molecular weight excluding hydrogens is 204 g/mol. The van der Waals surface area contributed by atoms with E-state index in [2.05, 4.69) is 0 Å². The predicted octanol–water partition coefficient (Wildman–Crippen LogP) is -2.78. The van der Waals surface area contributed by atoms with E-state index in [0.717, 1.165) is 0 Å². The van der Waals surface area contributed by atoms with Gasteiger partial charge in [0.1, 0.15) is 11.4 Å². The lowest BCUT2D eigenvalue weighted by Crippen LogP contribution is -2.53. The molecule has 0 saturated heterocycles. The van der Waals surface area contributed by atoms with Gasteiger partial charge in [-0.15, -0.1) is 0 Å². The van der Waals surface area contributed by atoms with Crippen molar-refractivity contribution < 1.29 is 29.7 Å². The predicted molar refractivity (Wildman–Crippen MR) is 44.0 cm³/mol. The van der Waals surface area contributed by atoms with Crippen molar-refractivity contribution in [1.29, 1.82) is 0 Å². The molecule has 1 unspecified atom stereocenters. The third-order valence-corrected chi connectivity index (χ3v) is 1.93. The number of hydrogen-bond donors (Lipinski definition) is 1. The zero-order chi connectivity index (χ0) is 12.2. The Balaban J connectivity index is 4.73. The van der Waals surface area contributed by atoms with E-state index in [9.17, 15) is 29.7 Å². The Morgan fingerprint density at radius 1 is 1.20 bits per heavy atom. The first-order valence-electron chi connectivity index (χ1n) is 4.35. The molecular formula is C9H12O6-2. The van der Waals surface area contributed by atoms with Crippen molar-refractivity contribution in [3.63, 3.8) is 0 Å². The molecule has 1 atom stereocenters. The molecule has 0 fully saturated rings. The van der Waals surface area contributed by atoms with Crippen molar-refractivity contribution in [2.75, 3.05) is 0 Å². The summed E-state index contributed by atoms with van der Waals surface area (Å²) in [6, 6.07) is 0. The van der Waals surface area contributed by atoms with Crippen molar-refractivity contribution >= 4 is 17.7 Å². The molecule has 0 heterocycles. The molecule has 0 aliphatic carbocycles. The number of aliphatic carboxylic acids is 2. The van der Waals surface area contributed by atoms with Crippen LogP contribution in [0, 0.1) is 5.92 Å². The van der Waals surface area contributed by atoms with E-state index >= 15 is 0 Å². The third kappa shape index (κ3) is 4.07. The van der Waals surface area contributed by atoms with Crippen LogP contribution in [0.25, 0.3) is 0 Å². The van der Waals surface area contributed by atoms with E-state index in [0.29, 0.717) is 0 Å². The van der Waals surface area contributed by atoms with E-state index in [1.54, 1.807) is 0 Å². The van der Waals surface area contributed by atoms with Gasteiger partial charge in [0, 0.05) is 24.7 Å². The number of carboxylic acid groups (broad SMARTS) is 2. The Bertz CT molecular complexity index is 282. The van der Waals surface area contributed by atoms with Gasteiger partial charge in [-0.05, 0) is 0 Å². The average Bonchev–Trinajstić information content (AvgIpc) is 2.01. The van der Waals surface area contributed by atoms with E-state index in [1.165, 1.54) is 13.8 Å². The van der Waals surface area contributed by atoms with Crippen LogP contribution in [0.1, 0.15) is 26.7 Å². The third-order valence-electron chi connectivity index (χ3n) is 1.93. The highest BCUT2D eigenvalue weighted by Gasteiger charge is 2.32. The molecule has 1 N–H and O–H groups in total. The number of rotatable bonds is 6. The molecule has 86 valence electrons. The van der Waals surface area contributed by atoms with Crippen LogP contribution in [0.4, 0.5) is 0 Å². The molecule has 0 aliphatic rings. The Morgan fingerprint density at radius 3 is 1.93 bits per heavy atom. The maximum absolute atomic E-state index is 11.2. The van der Waals surface area contributed by atoms with E-state index in [1.807, 2.05) is 0 Å². The summed E-state index contributed by atoms with van der Waals surface area (Å²) >= 11 is 0. The Hall–Kier alpha value is -1.43. The van der Waals surface area contributed by atoms with Crippen LogP contribution in [0.5, 0.6) is 0 Å². The highest BCUT2D eigenvalue weighted by atomic mass is 16.4. The molecule has 0 bridgehead atoms. The fourth-order valence-corrected chi connectivity index (χ4v) is 0.938. The van der Waals surface area contributed by atoms with Crippen molar-refractivity contribution in [3.05, 3.63) is 0 Å². The lowest BCUT2D eigenvalue weighted by molar-refractivity contribution is -0.333. The summed E-state index contributed by atoms with van der Waals surface area (Å²) in [6.07, 6.45) is -1.95. The second-order valence-electron chi connectivity index (χ2n) is 3.67. The average molecular weight is 216 g/mol. The molecule has 0 aliphatic heterocycles. The number of carbonyl (C=O) groups is 3. The summed E-state index contributed by atoms with van der Waals surface area (Å²) in [5, 5.41) is 30.1. The summed E-state index contributed by atoms with van der Waals surface area (Å²) in [4.78, 5) is 31.9. The first-order chi connectivity index (χ1) is 6.69. The largest absolute Gasteiger partial charge is 0.550 e. The van der Waals surface area contributed by atoms with Crippen molar-refractivity contribution in [3.8, 4) is 0 Å². The maximum atomic E-state index is 11.2. The van der Waals surface area contributed by atoms with Crippen LogP contribution >= 0.6 is 0 Å². The Morgan fingerprint density at radius 2 is 1.67 bits per heavy atom. The molecule has 0 rings (SSSR count). The summed E-state index contributed by atoms with van der Waals surface area (Å²) in [6.45, 7) is 3.02. The molecule has 6 heteroatoms. The van der Waals surface area contributed by atoms with Crippen LogP contribution in [0.2, 0.25) is 0 Å². The van der Waals surface area contributed by atoms with Crippen LogP contribution in [0.15, 0.2) is 0 Å². The van der Waals surface area contributed by atoms with Crippen LogP contribution in [0.3, 0.4) is 0 Å². The van der Waals surface area contributed by atoms with Gasteiger partial charge in [-0.2, -0.15) is 0 Å². The molecule has 15 heavy (non-hydrogen) atoms. The minimum Gasteiger partial charge on any atom is -0.550 e. The Labute approximate surface area is 86.5 Å². The molecule has 6 nitrogen and oxygen atoms in total. The van der Waals surface area contributed by atoms with Crippen molar-refractivity contribution in [2.24, 2.45) is 5.92 Å². The molecule has 0 amide bonds. The first-order valence-corrected chi connectivity index (χ1v) is 4.35. The van der Waals surface area contributed by atoms with Gasteiger partial charge in [0.05, 0.1) is 5.97 Å². The van der Waals surface area contributed by atoms with Crippen LogP contribution in [-0.2, 0) is 14.4 Å². The molecule has 0 aromatic carbocycles. The molecule has 0 saturated carbocycles. The van der Waals surface area contributed by atoms with E-state index < -0.39 is 42.1 Å². The van der Waals surface area contributed by atoms with Gasteiger partial charge in [0.15, 0.2) is 0 Å². The fourth-order valence-electron chi connectivity index (χ4n) is 0.938. The number of aliphatic hydroxyl groups is 1. The van der Waals surface area contributed by atoms with Gasteiger partial charge in [0.2, 0.25) is 0 Å². The highest BCUT2D eigenvalue weighted by Crippen LogP contribution is 2.17. The van der Waals surface area contributed by atoms with Crippen molar-refractivity contribution in [2.45, 2.75) is 32.3 Å². The monoisotopic (exact) mass is 216 g/mol. The minimum absolute atomic E-state index is 0.488. The van der Waals surface area contributed by atoms with Crippen LogP contribution in [-0.4, -0.2) is 28.4 Å². The van der Waals surface area contributed by atoms with Gasteiger partial charge in [-0.3, -0.25) is 4.79 Å².